The number of carboxylic acid groups (broad SMARTS) is 1. The first-order valence-corrected chi connectivity index (χ1v) is 6.82. The standard InChI is InChI=1S/C13H11IN2O2/c14-12-10-7-6-9(8-4-2-1-3-5-8)11(10)15-16(12)13(17)18/h1-5,9H,6-7H2,(H,17,18). The number of benzene rings is 1. The molecule has 18 heavy (non-hydrogen) atoms. The first-order valence-electron chi connectivity index (χ1n) is 5.74. The van der Waals surface area contributed by atoms with Gasteiger partial charge in [0.25, 0.3) is 0 Å². The van der Waals surface area contributed by atoms with Crippen LogP contribution in [-0.2, 0) is 6.42 Å². The van der Waals surface area contributed by atoms with E-state index >= 15 is 0 Å². The fourth-order valence-corrected chi connectivity index (χ4v) is 3.38. The third-order valence-corrected chi connectivity index (χ3v) is 4.46. The van der Waals surface area contributed by atoms with Gasteiger partial charge in [0.2, 0.25) is 0 Å². The van der Waals surface area contributed by atoms with Crippen molar-refractivity contribution < 1.29 is 9.90 Å². The zero-order valence-corrected chi connectivity index (χ0v) is 11.7. The molecule has 4 nitrogen and oxygen atoms in total. The van der Waals surface area contributed by atoms with Gasteiger partial charge in [-0.15, -0.1) is 0 Å². The van der Waals surface area contributed by atoms with Crippen LogP contribution in [0.25, 0.3) is 0 Å². The summed E-state index contributed by atoms with van der Waals surface area (Å²) in [5, 5.41) is 13.3. The number of hydrogen-bond donors (Lipinski definition) is 1. The van der Waals surface area contributed by atoms with E-state index < -0.39 is 6.09 Å². The van der Waals surface area contributed by atoms with Gasteiger partial charge in [0.1, 0.15) is 3.70 Å². The topological polar surface area (TPSA) is 55.1 Å². The van der Waals surface area contributed by atoms with Crippen LogP contribution in [0.15, 0.2) is 30.3 Å². The summed E-state index contributed by atoms with van der Waals surface area (Å²) in [6.07, 6.45) is 0.902. The quantitative estimate of drug-likeness (QED) is 0.801. The molecule has 1 aliphatic rings. The summed E-state index contributed by atoms with van der Waals surface area (Å²) >= 11 is 2.07. The normalized spacial score (nSPS) is 17.7. The highest BCUT2D eigenvalue weighted by molar-refractivity contribution is 14.1. The highest BCUT2D eigenvalue weighted by Gasteiger charge is 2.31. The minimum Gasteiger partial charge on any atom is -0.463 e. The summed E-state index contributed by atoms with van der Waals surface area (Å²) in [4.78, 5) is 11.1. The molecule has 0 spiro atoms. The van der Waals surface area contributed by atoms with Crippen LogP contribution in [-0.4, -0.2) is 21.0 Å². The molecule has 1 atom stereocenters. The van der Waals surface area contributed by atoms with Gasteiger partial charge in [-0.1, -0.05) is 30.3 Å². The van der Waals surface area contributed by atoms with Crippen LogP contribution in [0.2, 0.25) is 0 Å². The fourth-order valence-electron chi connectivity index (χ4n) is 2.52. The molecule has 92 valence electrons. The Morgan fingerprint density at radius 1 is 1.39 bits per heavy atom. The van der Waals surface area contributed by atoms with Crippen LogP contribution in [0, 0.1) is 3.70 Å². The third-order valence-electron chi connectivity index (χ3n) is 3.35. The molecule has 1 unspecified atom stereocenters. The summed E-state index contributed by atoms with van der Waals surface area (Å²) < 4.78 is 1.81. The average molecular weight is 354 g/mol. The van der Waals surface area contributed by atoms with E-state index in [9.17, 15) is 4.79 Å². The predicted molar refractivity (Wildman–Crippen MR) is 75.0 cm³/mol. The third kappa shape index (κ3) is 1.73. The average Bonchev–Trinajstić information content (AvgIpc) is 2.91. The van der Waals surface area contributed by atoms with Crippen LogP contribution in [0.5, 0.6) is 0 Å². The molecule has 3 rings (SSSR count). The highest BCUT2D eigenvalue weighted by Crippen LogP contribution is 2.39. The van der Waals surface area contributed by atoms with Gasteiger partial charge < -0.3 is 5.11 Å². The molecule has 0 aliphatic heterocycles. The molecular formula is C13H11IN2O2. The lowest BCUT2D eigenvalue weighted by Gasteiger charge is -2.08. The van der Waals surface area contributed by atoms with Gasteiger partial charge in [-0.3, -0.25) is 0 Å². The molecule has 5 heteroatoms. The molecular weight excluding hydrogens is 343 g/mol. The smallest absolute Gasteiger partial charge is 0.433 e. The summed E-state index contributed by atoms with van der Waals surface area (Å²) in [7, 11) is 0. The Labute approximate surface area is 118 Å². The Kier molecular flexibility index (Phi) is 2.85. The van der Waals surface area contributed by atoms with Gasteiger partial charge in [0, 0.05) is 11.5 Å². The molecule has 0 amide bonds. The van der Waals surface area contributed by atoms with Crippen molar-refractivity contribution in [1.29, 1.82) is 0 Å². The van der Waals surface area contributed by atoms with E-state index in [2.05, 4.69) is 39.8 Å². The van der Waals surface area contributed by atoms with Gasteiger partial charge in [0.05, 0.1) is 5.69 Å². The number of aromatic nitrogens is 2. The van der Waals surface area contributed by atoms with Crippen molar-refractivity contribution in [3.05, 3.63) is 50.9 Å². The van der Waals surface area contributed by atoms with Crippen molar-refractivity contribution in [2.24, 2.45) is 0 Å². The number of carbonyl (C=O) groups is 1. The minimum atomic E-state index is -1.01. The van der Waals surface area contributed by atoms with E-state index in [1.165, 1.54) is 5.56 Å². The van der Waals surface area contributed by atoms with E-state index in [1.54, 1.807) is 0 Å². The monoisotopic (exact) mass is 354 g/mol. The van der Waals surface area contributed by atoms with E-state index in [-0.39, 0.29) is 5.92 Å². The number of fused-ring (bicyclic) bond motifs is 1. The predicted octanol–water partition coefficient (Wildman–Crippen LogP) is 3.09. The van der Waals surface area contributed by atoms with Gasteiger partial charge in [-0.25, -0.2) is 4.79 Å². The first kappa shape index (κ1) is 11.7. The SMILES string of the molecule is O=C(O)n1nc2c(c1I)CCC2c1ccccc1. The van der Waals surface area contributed by atoms with Crippen molar-refractivity contribution >= 4 is 28.7 Å². The van der Waals surface area contributed by atoms with Crippen LogP contribution in [0.1, 0.15) is 29.2 Å². The van der Waals surface area contributed by atoms with Gasteiger partial charge >= 0.3 is 6.09 Å². The number of nitrogens with zero attached hydrogens (tertiary/aromatic N) is 2. The molecule has 0 bridgehead atoms. The maximum atomic E-state index is 11.1. The molecule has 1 N–H and O–H groups in total. The fraction of sp³-hybridized carbons (Fsp3) is 0.231. The van der Waals surface area contributed by atoms with Gasteiger partial charge in [-0.2, -0.15) is 9.78 Å². The van der Waals surface area contributed by atoms with Gasteiger partial charge in [-0.05, 0) is 41.0 Å². The Balaban J connectivity index is 2.07. The molecule has 2 aromatic rings. The molecule has 0 radical (unpaired) electrons. The number of hydrogen-bond acceptors (Lipinski definition) is 2. The zero-order chi connectivity index (χ0) is 12.7. The maximum Gasteiger partial charge on any atom is 0.433 e. The van der Waals surface area contributed by atoms with Crippen molar-refractivity contribution in [1.82, 2.24) is 9.78 Å². The maximum absolute atomic E-state index is 11.1. The number of halogens is 1. The first-order chi connectivity index (χ1) is 8.68. The summed E-state index contributed by atoms with van der Waals surface area (Å²) in [6, 6.07) is 10.1. The van der Waals surface area contributed by atoms with Crippen LogP contribution in [0.3, 0.4) is 0 Å². The molecule has 0 saturated carbocycles. The molecule has 1 aromatic carbocycles. The van der Waals surface area contributed by atoms with Crippen LogP contribution < -0.4 is 0 Å². The van der Waals surface area contributed by atoms with Crippen molar-refractivity contribution in [2.75, 3.05) is 0 Å². The highest BCUT2D eigenvalue weighted by atomic mass is 127. The van der Waals surface area contributed by atoms with E-state index in [0.29, 0.717) is 0 Å². The van der Waals surface area contributed by atoms with Crippen LogP contribution >= 0.6 is 22.6 Å². The minimum absolute atomic E-state index is 0.232. The Hall–Kier alpha value is -1.37. The molecule has 1 heterocycles. The van der Waals surface area contributed by atoms with E-state index in [0.717, 1.165) is 32.5 Å². The van der Waals surface area contributed by atoms with Crippen molar-refractivity contribution in [3.63, 3.8) is 0 Å². The lowest BCUT2D eigenvalue weighted by molar-refractivity contribution is 0.191. The van der Waals surface area contributed by atoms with E-state index in [1.807, 2.05) is 18.2 Å². The molecule has 1 aromatic heterocycles. The molecule has 1 aliphatic carbocycles. The van der Waals surface area contributed by atoms with E-state index in [4.69, 9.17) is 5.11 Å². The van der Waals surface area contributed by atoms with Gasteiger partial charge in [0.15, 0.2) is 0 Å². The van der Waals surface area contributed by atoms with Crippen molar-refractivity contribution in [3.8, 4) is 0 Å². The molecule has 0 saturated heterocycles. The largest absolute Gasteiger partial charge is 0.463 e. The number of rotatable bonds is 1. The second-order valence-electron chi connectivity index (χ2n) is 4.35. The lowest BCUT2D eigenvalue weighted by atomic mass is 9.97. The second kappa shape index (κ2) is 4.38. The summed E-state index contributed by atoms with van der Waals surface area (Å²) in [5.41, 5.74) is 3.22. The Morgan fingerprint density at radius 3 is 2.78 bits per heavy atom. The summed E-state index contributed by atoms with van der Waals surface area (Å²) in [5.74, 6) is 0.232. The second-order valence-corrected chi connectivity index (χ2v) is 5.37. The zero-order valence-electron chi connectivity index (χ0n) is 9.51. The Morgan fingerprint density at radius 2 is 2.11 bits per heavy atom. The lowest BCUT2D eigenvalue weighted by Crippen LogP contribution is -2.13. The summed E-state index contributed by atoms with van der Waals surface area (Å²) in [6.45, 7) is 0. The van der Waals surface area contributed by atoms with Crippen molar-refractivity contribution in [2.45, 2.75) is 18.8 Å². The Bertz CT molecular complexity index is 607. The van der Waals surface area contributed by atoms with Crippen LogP contribution in [0.4, 0.5) is 4.79 Å². The molecule has 0 fully saturated rings.